The average Bonchev–Trinajstić information content (AvgIpc) is 2.72. The first-order chi connectivity index (χ1) is 15.8. The van der Waals surface area contributed by atoms with E-state index in [1.54, 1.807) is 13.3 Å². The van der Waals surface area contributed by atoms with Crippen LogP contribution in [0.3, 0.4) is 0 Å². The number of rotatable bonds is 7. The summed E-state index contributed by atoms with van der Waals surface area (Å²) in [5.74, 6) is 4.20. The number of carboxylic acid groups (broad SMARTS) is 1. The van der Waals surface area contributed by atoms with Crippen LogP contribution in [-0.4, -0.2) is 31.4 Å². The van der Waals surface area contributed by atoms with Gasteiger partial charge in [-0.1, -0.05) is 47.5 Å². The predicted molar refractivity (Wildman–Crippen MR) is 144 cm³/mol. The van der Waals surface area contributed by atoms with Crippen molar-refractivity contribution in [2.45, 2.75) is 85.5 Å². The van der Waals surface area contributed by atoms with Crippen molar-refractivity contribution >= 4 is 19.9 Å². The summed E-state index contributed by atoms with van der Waals surface area (Å²) >= 11 is 0. The quantitative estimate of drug-likeness (QED) is 0.334. The number of pyridine rings is 1. The lowest BCUT2D eigenvalue weighted by atomic mass is 10.1. The largest absolute Gasteiger partial charge is 0.496 e. The van der Waals surface area contributed by atoms with Crippen LogP contribution in [0.4, 0.5) is 10.5 Å². The summed E-state index contributed by atoms with van der Waals surface area (Å²) in [6, 6.07) is 5.81. The molecule has 1 heterocycles. The van der Waals surface area contributed by atoms with E-state index in [2.05, 4.69) is 58.0 Å². The first-order valence-electron chi connectivity index (χ1n) is 12.0. The fraction of sp³-hybridized carbons (Fsp3) is 0.500. The lowest BCUT2D eigenvalue weighted by molar-refractivity contribution is 0.201. The van der Waals surface area contributed by atoms with Gasteiger partial charge in [0.05, 0.1) is 19.3 Å². The van der Waals surface area contributed by atoms with E-state index in [9.17, 15) is 9.90 Å². The molecule has 0 atom stereocenters. The molecule has 1 aromatic heterocycles. The van der Waals surface area contributed by atoms with E-state index in [4.69, 9.17) is 4.74 Å². The molecule has 2 aromatic rings. The molecular formula is C28H40N2O3Si. The molecule has 1 N–H and O–H groups in total. The van der Waals surface area contributed by atoms with Crippen molar-refractivity contribution in [1.82, 2.24) is 4.98 Å². The number of ether oxygens (including phenoxy) is 1. The maximum Gasteiger partial charge on any atom is 0.412 e. The second-order valence-electron chi connectivity index (χ2n) is 10.1. The van der Waals surface area contributed by atoms with Crippen molar-refractivity contribution in [2.75, 3.05) is 12.0 Å². The molecule has 5 nitrogen and oxygen atoms in total. The van der Waals surface area contributed by atoms with Gasteiger partial charge in [0, 0.05) is 28.6 Å². The van der Waals surface area contributed by atoms with Gasteiger partial charge in [0.15, 0.2) is 0 Å². The number of hydrogen-bond donors (Lipinski definition) is 1. The van der Waals surface area contributed by atoms with Gasteiger partial charge in [-0.15, -0.1) is 5.54 Å². The average molecular weight is 481 g/mol. The summed E-state index contributed by atoms with van der Waals surface area (Å²) in [6.07, 6.45) is 0.697. The van der Waals surface area contributed by atoms with Crippen LogP contribution < -0.4 is 9.64 Å². The van der Waals surface area contributed by atoms with Crippen molar-refractivity contribution in [3.05, 3.63) is 52.3 Å². The minimum Gasteiger partial charge on any atom is -0.496 e. The molecule has 1 aromatic carbocycles. The number of nitrogens with zero attached hydrogens (tertiary/aromatic N) is 2. The maximum absolute atomic E-state index is 12.3. The number of amides is 1. The number of anilines is 1. The molecule has 6 heteroatoms. The summed E-state index contributed by atoms with van der Waals surface area (Å²) in [4.78, 5) is 18.1. The Kier molecular flexibility index (Phi) is 8.96. The van der Waals surface area contributed by atoms with Crippen LogP contribution in [-0.2, 0) is 6.54 Å². The molecule has 1 amide bonds. The Morgan fingerprint density at radius 1 is 1.06 bits per heavy atom. The van der Waals surface area contributed by atoms with Crippen molar-refractivity contribution in [2.24, 2.45) is 0 Å². The van der Waals surface area contributed by atoms with Gasteiger partial charge in [-0.3, -0.25) is 9.88 Å². The molecular weight excluding hydrogens is 440 g/mol. The second-order valence-corrected chi connectivity index (χ2v) is 15.7. The number of carbonyl (C=O) groups is 1. The molecule has 0 aliphatic carbocycles. The molecule has 0 saturated carbocycles. The first-order valence-corrected chi connectivity index (χ1v) is 14.2. The van der Waals surface area contributed by atoms with Crippen LogP contribution >= 0.6 is 0 Å². The maximum atomic E-state index is 12.3. The van der Waals surface area contributed by atoms with Gasteiger partial charge in [0.2, 0.25) is 0 Å². The van der Waals surface area contributed by atoms with E-state index in [-0.39, 0.29) is 6.54 Å². The van der Waals surface area contributed by atoms with Crippen LogP contribution in [0.2, 0.25) is 16.6 Å². The third kappa shape index (κ3) is 5.64. The minimum atomic E-state index is -1.89. The highest BCUT2D eigenvalue weighted by atomic mass is 28.3. The van der Waals surface area contributed by atoms with Crippen molar-refractivity contribution in [3.8, 4) is 17.2 Å². The lowest BCUT2D eigenvalue weighted by Gasteiger charge is -2.38. The van der Waals surface area contributed by atoms with Crippen molar-refractivity contribution in [3.63, 3.8) is 0 Å². The van der Waals surface area contributed by atoms with Crippen LogP contribution in [0.25, 0.3) is 0 Å². The number of benzene rings is 1. The summed E-state index contributed by atoms with van der Waals surface area (Å²) < 4.78 is 5.50. The Bertz CT molecular complexity index is 1080. The van der Waals surface area contributed by atoms with Gasteiger partial charge in [0.25, 0.3) is 0 Å². The molecule has 0 saturated heterocycles. The third-order valence-electron chi connectivity index (χ3n) is 6.95. The monoisotopic (exact) mass is 480 g/mol. The fourth-order valence-electron chi connectivity index (χ4n) is 5.25. The standard InChI is InChI=1S/C28H40N2O3Si/c1-18(2)34(19(3)4,20(5)6)12-11-24-13-21(7)14-25(15-24)30(28(31)32)17-26-23(9)27(33-10)22(8)16-29-26/h13-16,18-20H,17H2,1-10H3,(H,31,32). The molecule has 0 aliphatic heterocycles. The van der Waals surface area contributed by atoms with Crippen LogP contribution in [0.1, 0.15) is 69.5 Å². The molecule has 34 heavy (non-hydrogen) atoms. The highest BCUT2D eigenvalue weighted by molar-refractivity contribution is 6.90. The van der Waals surface area contributed by atoms with Crippen LogP contribution in [0, 0.1) is 32.2 Å². The summed E-state index contributed by atoms with van der Waals surface area (Å²) in [5.41, 5.74) is 10.2. The number of hydrogen-bond acceptors (Lipinski definition) is 3. The number of aromatic nitrogens is 1. The topological polar surface area (TPSA) is 62.7 Å². The number of methoxy groups -OCH3 is 1. The van der Waals surface area contributed by atoms with Gasteiger partial charge < -0.3 is 9.84 Å². The Hall–Kier alpha value is -2.78. The fourth-order valence-corrected chi connectivity index (χ4v) is 10.5. The molecule has 0 aliphatic rings. The summed E-state index contributed by atoms with van der Waals surface area (Å²) in [7, 11) is -0.274. The van der Waals surface area contributed by atoms with E-state index < -0.39 is 14.2 Å². The van der Waals surface area contributed by atoms with Gasteiger partial charge >= 0.3 is 6.09 Å². The molecule has 0 radical (unpaired) electrons. The van der Waals surface area contributed by atoms with E-state index in [1.165, 1.54) is 4.90 Å². The zero-order valence-corrected chi connectivity index (χ0v) is 23.4. The molecule has 2 rings (SSSR count). The summed E-state index contributed by atoms with van der Waals surface area (Å²) in [6.45, 7) is 19.7. The zero-order chi connectivity index (χ0) is 25.8. The Labute approximate surface area is 206 Å². The Morgan fingerprint density at radius 2 is 1.65 bits per heavy atom. The lowest BCUT2D eigenvalue weighted by Crippen LogP contribution is -2.43. The molecule has 0 spiro atoms. The first kappa shape index (κ1) is 27.5. The molecule has 0 fully saturated rings. The van der Waals surface area contributed by atoms with E-state index in [1.807, 2.05) is 39.0 Å². The molecule has 0 bridgehead atoms. The smallest absolute Gasteiger partial charge is 0.412 e. The minimum absolute atomic E-state index is 0.136. The van der Waals surface area contributed by atoms with Gasteiger partial charge in [-0.25, -0.2) is 4.79 Å². The number of aryl methyl sites for hydroxylation is 2. The van der Waals surface area contributed by atoms with Gasteiger partial charge in [0.1, 0.15) is 13.8 Å². The van der Waals surface area contributed by atoms with E-state index >= 15 is 0 Å². The third-order valence-corrected chi connectivity index (χ3v) is 13.2. The SMILES string of the molecule is COc1c(C)cnc(CN(C(=O)O)c2cc(C)cc(C#C[Si](C(C)C)(C(C)C)C(C)C)c2)c1C. The highest BCUT2D eigenvalue weighted by Crippen LogP contribution is 2.40. The highest BCUT2D eigenvalue weighted by Gasteiger charge is 2.41. The summed E-state index contributed by atoms with van der Waals surface area (Å²) in [5, 5.41) is 10.1. The Morgan fingerprint density at radius 3 is 2.15 bits per heavy atom. The van der Waals surface area contributed by atoms with Crippen LogP contribution in [0.15, 0.2) is 24.4 Å². The molecule has 0 unspecified atom stereocenters. The van der Waals surface area contributed by atoms with Gasteiger partial charge in [-0.2, -0.15) is 0 Å². The predicted octanol–water partition coefficient (Wildman–Crippen LogP) is 7.27. The van der Waals surface area contributed by atoms with Crippen molar-refractivity contribution in [1.29, 1.82) is 0 Å². The van der Waals surface area contributed by atoms with E-state index in [0.717, 1.165) is 28.0 Å². The van der Waals surface area contributed by atoms with Crippen molar-refractivity contribution < 1.29 is 14.6 Å². The Balaban J connectivity index is 2.55. The molecule has 184 valence electrons. The second kappa shape index (κ2) is 11.1. The zero-order valence-electron chi connectivity index (χ0n) is 22.4. The van der Waals surface area contributed by atoms with Crippen LogP contribution in [0.5, 0.6) is 5.75 Å². The van der Waals surface area contributed by atoms with Gasteiger partial charge in [-0.05, 0) is 61.2 Å². The normalized spacial score (nSPS) is 11.6. The van der Waals surface area contributed by atoms with E-state index in [0.29, 0.717) is 28.0 Å².